The number of carbonyl (C=O) groups excluding carboxylic acids is 1. The Kier molecular flexibility index (Phi) is 4.61. The van der Waals surface area contributed by atoms with Gasteiger partial charge in [0.1, 0.15) is 5.60 Å². The molecule has 138 valence electrons. The number of hydrogen-bond donors (Lipinski definition) is 1. The summed E-state index contributed by atoms with van der Waals surface area (Å²) in [6.45, 7) is 9.82. The molecule has 3 rings (SSSR count). The van der Waals surface area contributed by atoms with Crippen molar-refractivity contribution in [1.29, 1.82) is 0 Å². The topological polar surface area (TPSA) is 49.8 Å². The average Bonchev–Trinajstić information content (AvgIpc) is 2.47. The fourth-order valence-electron chi connectivity index (χ4n) is 4.50. The molecule has 25 heavy (non-hydrogen) atoms. The summed E-state index contributed by atoms with van der Waals surface area (Å²) in [6, 6.07) is 6.37. The maximum absolute atomic E-state index is 12.7. The van der Waals surface area contributed by atoms with Crippen molar-refractivity contribution in [2.24, 2.45) is 0 Å². The number of ether oxygens (including phenoxy) is 1. The van der Waals surface area contributed by atoms with E-state index in [1.165, 1.54) is 0 Å². The Bertz CT molecular complexity index is 648. The van der Waals surface area contributed by atoms with E-state index in [2.05, 4.69) is 32.0 Å². The lowest BCUT2D eigenvalue weighted by Crippen LogP contribution is -2.59. The molecule has 4 nitrogen and oxygen atoms in total. The van der Waals surface area contributed by atoms with Crippen LogP contribution in [0.15, 0.2) is 18.2 Å². The maximum atomic E-state index is 12.7. The zero-order chi connectivity index (χ0) is 18.4. The smallest absolute Gasteiger partial charge is 0.410 e. The van der Waals surface area contributed by atoms with Crippen molar-refractivity contribution in [3.05, 3.63) is 34.9 Å². The second-order valence-corrected chi connectivity index (χ2v) is 8.88. The Balaban J connectivity index is 1.88. The zero-order valence-electron chi connectivity index (χ0n) is 16.1. The van der Waals surface area contributed by atoms with E-state index in [9.17, 15) is 9.90 Å². The van der Waals surface area contributed by atoms with Crippen molar-refractivity contribution in [1.82, 2.24) is 4.90 Å². The summed E-state index contributed by atoms with van der Waals surface area (Å²) >= 11 is 0. The van der Waals surface area contributed by atoms with Crippen LogP contribution in [0.2, 0.25) is 0 Å². The van der Waals surface area contributed by atoms with E-state index in [1.54, 1.807) is 0 Å². The van der Waals surface area contributed by atoms with Gasteiger partial charge in [-0.1, -0.05) is 23.8 Å². The second-order valence-electron chi connectivity index (χ2n) is 8.88. The van der Waals surface area contributed by atoms with Crippen molar-refractivity contribution < 1.29 is 14.6 Å². The van der Waals surface area contributed by atoms with Crippen molar-refractivity contribution in [3.63, 3.8) is 0 Å². The third kappa shape index (κ3) is 3.69. The molecule has 2 heterocycles. The van der Waals surface area contributed by atoms with Gasteiger partial charge in [0.05, 0.1) is 5.60 Å². The summed E-state index contributed by atoms with van der Waals surface area (Å²) in [4.78, 5) is 14.6. The molecule has 2 unspecified atom stereocenters. The molecule has 0 aromatic heterocycles. The highest BCUT2D eigenvalue weighted by molar-refractivity contribution is 5.69. The molecule has 2 saturated heterocycles. The Morgan fingerprint density at radius 2 is 1.80 bits per heavy atom. The van der Waals surface area contributed by atoms with Gasteiger partial charge >= 0.3 is 6.09 Å². The van der Waals surface area contributed by atoms with Crippen LogP contribution in [-0.4, -0.2) is 33.8 Å². The summed E-state index contributed by atoms with van der Waals surface area (Å²) in [6.07, 6.45) is 3.92. The molecule has 2 fully saturated rings. The molecule has 0 aliphatic carbocycles. The van der Waals surface area contributed by atoms with Crippen LogP contribution in [0.1, 0.15) is 69.6 Å². The number of piperidine rings is 2. The molecule has 2 bridgehead atoms. The Morgan fingerprint density at radius 1 is 1.20 bits per heavy atom. The molecule has 2 aliphatic heterocycles. The van der Waals surface area contributed by atoms with E-state index >= 15 is 0 Å². The predicted octanol–water partition coefficient (Wildman–Crippen LogP) is 4.44. The lowest BCUT2D eigenvalue weighted by Gasteiger charge is -2.52. The number of amides is 1. The number of aryl methyl sites for hydroxylation is 2. The van der Waals surface area contributed by atoms with Crippen LogP contribution in [0.3, 0.4) is 0 Å². The normalized spacial score (nSPS) is 29.4. The van der Waals surface area contributed by atoms with Crippen LogP contribution in [0.4, 0.5) is 4.79 Å². The van der Waals surface area contributed by atoms with Crippen LogP contribution < -0.4 is 0 Å². The summed E-state index contributed by atoms with van der Waals surface area (Å²) in [5.74, 6) is 0. The minimum atomic E-state index is -0.857. The summed E-state index contributed by atoms with van der Waals surface area (Å²) in [7, 11) is 0. The quantitative estimate of drug-likeness (QED) is 0.818. The highest BCUT2D eigenvalue weighted by Gasteiger charge is 2.49. The molecule has 2 atom stereocenters. The molecule has 1 amide bonds. The SMILES string of the molecule is Cc1ccc(C)c(C2(O)CC3CCCC(C2)N3C(=O)OC(C)(C)C)c1. The van der Waals surface area contributed by atoms with Crippen molar-refractivity contribution >= 4 is 6.09 Å². The van der Waals surface area contributed by atoms with Gasteiger partial charge < -0.3 is 14.7 Å². The third-order valence-electron chi connectivity index (χ3n) is 5.51. The second kappa shape index (κ2) is 6.31. The summed E-state index contributed by atoms with van der Waals surface area (Å²) in [5, 5.41) is 11.5. The van der Waals surface area contributed by atoms with Gasteiger partial charge in [0.2, 0.25) is 0 Å². The van der Waals surface area contributed by atoms with Gasteiger partial charge in [-0.05, 0) is 65.0 Å². The summed E-state index contributed by atoms with van der Waals surface area (Å²) in [5.41, 5.74) is 1.95. The van der Waals surface area contributed by atoms with Gasteiger partial charge in [0, 0.05) is 24.9 Å². The van der Waals surface area contributed by atoms with Crippen LogP contribution in [0.25, 0.3) is 0 Å². The molecule has 2 aliphatic rings. The van der Waals surface area contributed by atoms with Crippen molar-refractivity contribution in [2.45, 2.75) is 90.0 Å². The predicted molar refractivity (Wildman–Crippen MR) is 98.5 cm³/mol. The lowest BCUT2D eigenvalue weighted by atomic mass is 9.71. The maximum Gasteiger partial charge on any atom is 0.410 e. The van der Waals surface area contributed by atoms with Crippen LogP contribution in [0.5, 0.6) is 0 Å². The fourth-order valence-corrected chi connectivity index (χ4v) is 4.50. The first-order valence-electron chi connectivity index (χ1n) is 9.40. The van der Waals surface area contributed by atoms with Gasteiger partial charge in [0.15, 0.2) is 0 Å². The zero-order valence-corrected chi connectivity index (χ0v) is 16.1. The lowest BCUT2D eigenvalue weighted by molar-refractivity contribution is -0.0967. The Morgan fingerprint density at radius 3 is 2.36 bits per heavy atom. The number of hydrogen-bond acceptors (Lipinski definition) is 3. The minimum absolute atomic E-state index is 0.0484. The largest absolute Gasteiger partial charge is 0.444 e. The first-order valence-corrected chi connectivity index (χ1v) is 9.40. The third-order valence-corrected chi connectivity index (χ3v) is 5.51. The number of nitrogens with zero attached hydrogens (tertiary/aromatic N) is 1. The molecular formula is C21H31NO3. The molecule has 0 spiro atoms. The number of rotatable bonds is 1. The monoisotopic (exact) mass is 345 g/mol. The number of aliphatic hydroxyl groups is 1. The highest BCUT2D eigenvalue weighted by Crippen LogP contribution is 2.45. The van der Waals surface area contributed by atoms with Crippen LogP contribution >= 0.6 is 0 Å². The number of benzene rings is 1. The van der Waals surface area contributed by atoms with Gasteiger partial charge in [-0.3, -0.25) is 0 Å². The van der Waals surface area contributed by atoms with E-state index in [1.807, 2.05) is 25.7 Å². The summed E-state index contributed by atoms with van der Waals surface area (Å²) < 4.78 is 5.64. The van der Waals surface area contributed by atoms with E-state index in [4.69, 9.17) is 4.74 Å². The molecule has 1 aromatic carbocycles. The van der Waals surface area contributed by atoms with E-state index in [0.717, 1.165) is 36.0 Å². The average molecular weight is 345 g/mol. The standard InChI is InChI=1S/C21H31NO3/c1-14-9-10-15(2)18(11-14)21(24)12-16-7-6-8-17(13-21)22(16)19(23)25-20(3,4)5/h9-11,16-17,24H,6-8,12-13H2,1-5H3. The first kappa shape index (κ1) is 18.2. The molecule has 1 aromatic rings. The van der Waals surface area contributed by atoms with Crippen molar-refractivity contribution in [2.75, 3.05) is 0 Å². The van der Waals surface area contributed by atoms with E-state index in [-0.39, 0.29) is 18.2 Å². The Labute approximate surface area is 151 Å². The van der Waals surface area contributed by atoms with Crippen molar-refractivity contribution in [3.8, 4) is 0 Å². The molecule has 4 heteroatoms. The van der Waals surface area contributed by atoms with E-state index in [0.29, 0.717) is 12.8 Å². The van der Waals surface area contributed by atoms with Gasteiger partial charge in [-0.15, -0.1) is 0 Å². The number of fused-ring (bicyclic) bond motifs is 2. The highest BCUT2D eigenvalue weighted by atomic mass is 16.6. The minimum Gasteiger partial charge on any atom is -0.444 e. The van der Waals surface area contributed by atoms with Gasteiger partial charge in [0.25, 0.3) is 0 Å². The molecule has 0 radical (unpaired) electrons. The van der Waals surface area contributed by atoms with E-state index < -0.39 is 11.2 Å². The molecule has 0 saturated carbocycles. The fraction of sp³-hybridized carbons (Fsp3) is 0.667. The van der Waals surface area contributed by atoms with Gasteiger partial charge in [-0.2, -0.15) is 0 Å². The Hall–Kier alpha value is -1.55. The first-order chi connectivity index (χ1) is 11.6. The number of carbonyl (C=O) groups is 1. The van der Waals surface area contributed by atoms with Crippen LogP contribution in [0, 0.1) is 13.8 Å². The van der Waals surface area contributed by atoms with Gasteiger partial charge in [-0.25, -0.2) is 4.79 Å². The van der Waals surface area contributed by atoms with Crippen LogP contribution in [-0.2, 0) is 10.3 Å². The molecular weight excluding hydrogens is 314 g/mol. The molecule has 1 N–H and O–H groups in total.